The number of primary amides is 1. The number of imidazole rings is 1. The topological polar surface area (TPSA) is 112 Å². The Labute approximate surface area is 209 Å². The van der Waals surface area contributed by atoms with Crippen molar-refractivity contribution in [3.63, 3.8) is 0 Å². The zero-order chi connectivity index (χ0) is 23.8. The monoisotopic (exact) mass is 501 g/mol. The van der Waals surface area contributed by atoms with Crippen molar-refractivity contribution in [2.75, 3.05) is 32.1 Å². The van der Waals surface area contributed by atoms with Crippen LogP contribution in [0.4, 0.5) is 10.2 Å². The van der Waals surface area contributed by atoms with Crippen LogP contribution >= 0.6 is 12.4 Å². The van der Waals surface area contributed by atoms with Crippen molar-refractivity contribution in [3.8, 4) is 11.8 Å². The summed E-state index contributed by atoms with van der Waals surface area (Å²) in [5.74, 6) is 5.21. The number of hydrogen-bond acceptors (Lipinski definition) is 6. The fourth-order valence-electron chi connectivity index (χ4n) is 4.58. The van der Waals surface area contributed by atoms with Crippen molar-refractivity contribution >= 4 is 35.2 Å². The van der Waals surface area contributed by atoms with E-state index in [4.69, 9.17) is 10.5 Å². The first kappa shape index (κ1) is 25.0. The van der Waals surface area contributed by atoms with Crippen LogP contribution in [0.3, 0.4) is 0 Å². The summed E-state index contributed by atoms with van der Waals surface area (Å²) in [6.07, 6.45) is 4.71. The summed E-state index contributed by atoms with van der Waals surface area (Å²) in [7, 11) is 1.67. The fourth-order valence-corrected chi connectivity index (χ4v) is 4.58. The molecule has 9 nitrogen and oxygen atoms in total. The Hall–Kier alpha value is -3.13. The average Bonchev–Trinajstić information content (AvgIpc) is 3.23. The minimum atomic E-state index is -0.634. The molecule has 1 aromatic carbocycles. The van der Waals surface area contributed by atoms with E-state index >= 15 is 0 Å². The van der Waals surface area contributed by atoms with E-state index < -0.39 is 11.7 Å². The first-order valence-corrected chi connectivity index (χ1v) is 11.6. The molecular formula is C24H29ClFN7O2. The van der Waals surface area contributed by atoms with E-state index in [1.54, 1.807) is 24.2 Å². The van der Waals surface area contributed by atoms with E-state index in [0.717, 1.165) is 24.8 Å². The highest BCUT2D eigenvalue weighted by Gasteiger charge is 2.31. The van der Waals surface area contributed by atoms with Crippen molar-refractivity contribution < 1.29 is 13.9 Å². The zero-order valence-corrected chi connectivity index (χ0v) is 20.5. The third kappa shape index (κ3) is 4.85. The summed E-state index contributed by atoms with van der Waals surface area (Å²) in [5.41, 5.74) is 7.81. The maximum atomic E-state index is 14.9. The third-order valence-electron chi connectivity index (χ3n) is 6.33. The molecule has 186 valence electrons. The second kappa shape index (κ2) is 10.2. The lowest BCUT2D eigenvalue weighted by molar-refractivity contribution is 0.100. The molecule has 0 unspecified atom stereocenters. The Morgan fingerprint density at radius 2 is 2.14 bits per heavy atom. The highest BCUT2D eigenvalue weighted by molar-refractivity contribution is 6.00. The van der Waals surface area contributed by atoms with E-state index in [0.29, 0.717) is 37.1 Å². The van der Waals surface area contributed by atoms with Crippen LogP contribution in [0, 0.1) is 17.7 Å². The van der Waals surface area contributed by atoms with Crippen LogP contribution in [0.1, 0.15) is 59.9 Å². The van der Waals surface area contributed by atoms with Crippen LogP contribution in [0.15, 0.2) is 18.5 Å². The van der Waals surface area contributed by atoms with Gasteiger partial charge in [-0.25, -0.2) is 14.1 Å². The van der Waals surface area contributed by atoms with Gasteiger partial charge in [-0.05, 0) is 38.2 Å². The summed E-state index contributed by atoms with van der Waals surface area (Å²) < 4.78 is 23.9. The lowest BCUT2D eigenvalue weighted by Gasteiger charge is -2.15. The second-order valence-electron chi connectivity index (χ2n) is 8.82. The maximum absolute atomic E-state index is 14.9. The molecule has 5 rings (SSSR count). The van der Waals surface area contributed by atoms with Crippen molar-refractivity contribution in [3.05, 3.63) is 41.1 Å². The Bertz CT molecular complexity index is 1300. The first-order valence-electron chi connectivity index (χ1n) is 11.6. The lowest BCUT2D eigenvalue weighted by atomic mass is 10.1. The number of benzene rings is 1. The molecule has 2 fully saturated rings. The molecule has 2 atom stereocenters. The Balaban J connectivity index is 0.00000289. The van der Waals surface area contributed by atoms with Gasteiger partial charge in [0.2, 0.25) is 0 Å². The molecule has 0 spiro atoms. The van der Waals surface area contributed by atoms with E-state index in [1.807, 2.05) is 11.5 Å². The van der Waals surface area contributed by atoms with Gasteiger partial charge in [0.25, 0.3) is 5.91 Å². The van der Waals surface area contributed by atoms with E-state index in [-0.39, 0.29) is 41.3 Å². The normalized spacial score (nSPS) is 19.3. The molecule has 1 saturated carbocycles. The number of nitrogens with two attached hydrogens (primary N) is 1. The number of amides is 1. The van der Waals surface area contributed by atoms with Gasteiger partial charge in [0.05, 0.1) is 35.6 Å². The molecular weight excluding hydrogens is 473 g/mol. The van der Waals surface area contributed by atoms with Crippen LogP contribution < -0.4 is 16.4 Å². The number of aromatic nitrogens is 4. The van der Waals surface area contributed by atoms with Gasteiger partial charge in [-0.15, -0.1) is 12.4 Å². The number of halogens is 2. The molecule has 35 heavy (non-hydrogen) atoms. The van der Waals surface area contributed by atoms with Crippen molar-refractivity contribution in [2.24, 2.45) is 5.73 Å². The predicted molar refractivity (Wildman–Crippen MR) is 133 cm³/mol. The van der Waals surface area contributed by atoms with Crippen LogP contribution in [0.2, 0.25) is 0 Å². The Morgan fingerprint density at radius 1 is 1.34 bits per heavy atom. The molecule has 4 N–H and O–H groups in total. The van der Waals surface area contributed by atoms with Gasteiger partial charge in [0.15, 0.2) is 5.69 Å². The first-order chi connectivity index (χ1) is 16.5. The molecule has 3 heterocycles. The quantitative estimate of drug-likeness (QED) is 0.429. The number of ether oxygens (including phenoxy) is 1. The minimum Gasteiger partial charge on any atom is -0.383 e. The van der Waals surface area contributed by atoms with Gasteiger partial charge in [-0.2, -0.15) is 5.10 Å². The second-order valence-corrected chi connectivity index (χ2v) is 8.82. The van der Waals surface area contributed by atoms with Crippen LogP contribution in [0.5, 0.6) is 0 Å². The molecule has 2 aromatic heterocycles. The van der Waals surface area contributed by atoms with Crippen molar-refractivity contribution in [1.29, 1.82) is 0 Å². The summed E-state index contributed by atoms with van der Waals surface area (Å²) in [6.45, 7) is 3.77. The van der Waals surface area contributed by atoms with E-state index in [1.165, 1.54) is 6.07 Å². The van der Waals surface area contributed by atoms with Gasteiger partial charge < -0.3 is 25.7 Å². The molecule has 1 aliphatic heterocycles. The maximum Gasteiger partial charge on any atom is 0.255 e. The predicted octanol–water partition coefficient (Wildman–Crippen LogP) is 2.61. The van der Waals surface area contributed by atoms with Crippen LogP contribution in [-0.2, 0) is 4.74 Å². The Kier molecular flexibility index (Phi) is 7.31. The van der Waals surface area contributed by atoms with Gasteiger partial charge in [-0.1, -0.05) is 5.92 Å². The van der Waals surface area contributed by atoms with Crippen LogP contribution in [0.25, 0.3) is 11.0 Å². The van der Waals surface area contributed by atoms with Gasteiger partial charge in [-0.3, -0.25) is 4.79 Å². The molecule has 0 bridgehead atoms. The zero-order valence-electron chi connectivity index (χ0n) is 19.7. The molecule has 0 radical (unpaired) electrons. The van der Waals surface area contributed by atoms with E-state index in [9.17, 15) is 9.18 Å². The summed E-state index contributed by atoms with van der Waals surface area (Å²) >= 11 is 0. The van der Waals surface area contributed by atoms with Gasteiger partial charge >= 0.3 is 0 Å². The van der Waals surface area contributed by atoms with Crippen LogP contribution in [-0.4, -0.2) is 58.1 Å². The van der Waals surface area contributed by atoms with E-state index in [2.05, 4.69) is 32.6 Å². The summed E-state index contributed by atoms with van der Waals surface area (Å²) in [5, 5.41) is 11.2. The summed E-state index contributed by atoms with van der Waals surface area (Å²) in [4.78, 5) is 16.8. The molecule has 3 aromatic rings. The number of anilines is 1. The van der Waals surface area contributed by atoms with Crippen molar-refractivity contribution in [2.45, 2.75) is 44.3 Å². The molecule has 11 heteroatoms. The van der Waals surface area contributed by atoms with Gasteiger partial charge in [0, 0.05) is 38.3 Å². The number of carbonyl (C=O) groups excluding carboxylic acids is 1. The number of fused-ring (bicyclic) bond motifs is 1. The SMILES string of the molecule is CCNc1c(C(N)=O)c(C#Cc2cc3ncn(C4CC4)c3cc2F)nn1[C@@H]1CN[C@@H](COC)C1.Cl. The highest BCUT2D eigenvalue weighted by atomic mass is 35.5. The van der Waals surface area contributed by atoms with Gasteiger partial charge in [0.1, 0.15) is 17.2 Å². The number of nitrogens with zero attached hydrogens (tertiary/aromatic N) is 4. The number of methoxy groups -OCH3 is 1. The number of rotatable bonds is 7. The number of nitrogens with one attached hydrogen (secondary N) is 2. The molecule has 1 saturated heterocycles. The largest absolute Gasteiger partial charge is 0.383 e. The smallest absolute Gasteiger partial charge is 0.255 e. The summed E-state index contributed by atoms with van der Waals surface area (Å²) in [6, 6.07) is 3.71. The molecule has 1 aliphatic carbocycles. The minimum absolute atomic E-state index is 0. The molecule has 2 aliphatic rings. The third-order valence-corrected chi connectivity index (χ3v) is 6.33. The number of carbonyl (C=O) groups is 1. The number of hydrogen-bond donors (Lipinski definition) is 3. The highest BCUT2D eigenvalue weighted by Crippen LogP contribution is 2.37. The standard InChI is InChI=1S/C24H28FN7O2.ClH/c1-3-27-24-22(23(26)33)19(30-32(24)17-9-15(12-34-2)28-11-17)7-4-14-8-20-21(10-18(14)25)31(13-29-20)16-5-6-16;/h8,10,13,15-17,27-28H,3,5-6,9,11-12H2,1-2H3,(H2,26,33);1H/t15-,17+;/m1./s1. The lowest BCUT2D eigenvalue weighted by Crippen LogP contribution is -2.25. The fraction of sp³-hybridized carbons (Fsp3) is 0.458. The average molecular weight is 502 g/mol. The van der Waals surface area contributed by atoms with Crippen molar-refractivity contribution in [1.82, 2.24) is 24.6 Å². The molecule has 1 amide bonds. The Morgan fingerprint density at radius 3 is 2.83 bits per heavy atom.